The molecule has 1 aromatic rings. The van der Waals surface area contributed by atoms with Crippen molar-refractivity contribution in [1.82, 2.24) is 9.80 Å². The number of ether oxygens (including phenoxy) is 1. The first-order chi connectivity index (χ1) is 13.3. The molecule has 0 heterocycles. The second kappa shape index (κ2) is 12.3. The fourth-order valence-electron chi connectivity index (χ4n) is 2.96. The van der Waals surface area contributed by atoms with Crippen molar-refractivity contribution in [3.8, 4) is 0 Å². The van der Waals surface area contributed by atoms with Crippen LogP contribution in [0.1, 0.15) is 51.7 Å². The van der Waals surface area contributed by atoms with E-state index in [1.54, 1.807) is 17.9 Å². The number of nitrogens with zero attached hydrogens (tertiary/aromatic N) is 2. The van der Waals surface area contributed by atoms with E-state index >= 15 is 0 Å². The van der Waals surface area contributed by atoms with Gasteiger partial charge in [0.05, 0.1) is 13.0 Å². The largest absolute Gasteiger partial charge is 0.469 e. The first kappa shape index (κ1) is 23.9. The summed E-state index contributed by atoms with van der Waals surface area (Å²) in [7, 11) is 1.38. The lowest BCUT2D eigenvalue weighted by Gasteiger charge is -2.27. The number of carbonyl (C=O) groups is 2. The molecule has 1 unspecified atom stereocenters. The van der Waals surface area contributed by atoms with Gasteiger partial charge in [-0.1, -0.05) is 58.9 Å². The zero-order chi connectivity index (χ0) is 21.1. The second-order valence-corrected chi connectivity index (χ2v) is 7.39. The molecule has 0 saturated heterocycles. The summed E-state index contributed by atoms with van der Waals surface area (Å²) in [5.41, 5.74) is 2.26. The lowest BCUT2D eigenvalue weighted by atomic mass is 10.0. The highest BCUT2D eigenvalue weighted by molar-refractivity contribution is 5.92. The smallest absolute Gasteiger partial charge is 0.310 e. The molecule has 5 heteroatoms. The van der Waals surface area contributed by atoms with Gasteiger partial charge in [-0.25, -0.2) is 0 Å². The fourth-order valence-corrected chi connectivity index (χ4v) is 2.96. The molecule has 0 aromatic heterocycles. The first-order valence-electron chi connectivity index (χ1n) is 10.2. The average Bonchev–Trinajstić information content (AvgIpc) is 2.71. The second-order valence-electron chi connectivity index (χ2n) is 7.39. The molecule has 1 atom stereocenters. The molecule has 1 rings (SSSR count). The molecule has 28 heavy (non-hydrogen) atoms. The van der Waals surface area contributed by atoms with Crippen molar-refractivity contribution >= 4 is 18.0 Å². The Hall–Kier alpha value is -2.14. The third kappa shape index (κ3) is 7.85. The quantitative estimate of drug-likeness (QED) is 0.427. The van der Waals surface area contributed by atoms with E-state index in [0.29, 0.717) is 19.0 Å². The van der Waals surface area contributed by atoms with Gasteiger partial charge < -0.3 is 14.5 Å². The van der Waals surface area contributed by atoms with Crippen molar-refractivity contribution in [2.24, 2.45) is 5.92 Å². The molecule has 0 N–H and O–H groups in total. The fraction of sp³-hybridized carbons (Fsp3) is 0.565. The zero-order valence-corrected chi connectivity index (χ0v) is 18.3. The van der Waals surface area contributed by atoms with E-state index in [2.05, 4.69) is 44.7 Å². The van der Waals surface area contributed by atoms with Crippen molar-refractivity contribution in [3.05, 3.63) is 41.5 Å². The molecule has 1 amide bonds. The molecule has 0 spiro atoms. The van der Waals surface area contributed by atoms with Gasteiger partial charge in [0, 0.05) is 25.7 Å². The Kier molecular flexibility index (Phi) is 10.5. The zero-order valence-electron chi connectivity index (χ0n) is 18.3. The van der Waals surface area contributed by atoms with Crippen molar-refractivity contribution < 1.29 is 14.3 Å². The maximum atomic E-state index is 12.8. The molecule has 5 nitrogen and oxygen atoms in total. The van der Waals surface area contributed by atoms with Gasteiger partial charge in [-0.3, -0.25) is 9.59 Å². The maximum absolute atomic E-state index is 12.8. The predicted octanol–water partition coefficient (Wildman–Crippen LogP) is 3.80. The van der Waals surface area contributed by atoms with Gasteiger partial charge >= 0.3 is 5.97 Å². The van der Waals surface area contributed by atoms with Crippen LogP contribution in [-0.2, 0) is 14.3 Å². The van der Waals surface area contributed by atoms with Gasteiger partial charge in [0.25, 0.3) is 0 Å². The Balaban J connectivity index is 2.84. The van der Waals surface area contributed by atoms with E-state index in [0.717, 1.165) is 25.2 Å². The molecule has 0 aliphatic carbocycles. The van der Waals surface area contributed by atoms with E-state index in [9.17, 15) is 9.59 Å². The lowest BCUT2D eigenvalue weighted by Crippen LogP contribution is -2.41. The molecule has 0 fully saturated rings. The maximum Gasteiger partial charge on any atom is 0.310 e. The van der Waals surface area contributed by atoms with E-state index in [1.807, 2.05) is 18.2 Å². The van der Waals surface area contributed by atoms with Gasteiger partial charge in [0.15, 0.2) is 0 Å². The van der Waals surface area contributed by atoms with Crippen LogP contribution in [0.25, 0.3) is 6.08 Å². The summed E-state index contributed by atoms with van der Waals surface area (Å²) in [4.78, 5) is 28.6. The Morgan fingerprint density at radius 2 is 1.64 bits per heavy atom. The number of esters is 1. The molecule has 0 radical (unpaired) electrons. The van der Waals surface area contributed by atoms with Crippen LogP contribution in [0.2, 0.25) is 0 Å². The summed E-state index contributed by atoms with van der Waals surface area (Å²) >= 11 is 0. The van der Waals surface area contributed by atoms with Crippen LogP contribution in [0.4, 0.5) is 0 Å². The minimum atomic E-state index is -0.357. The summed E-state index contributed by atoms with van der Waals surface area (Å²) in [6.45, 7) is 13.9. The van der Waals surface area contributed by atoms with Crippen LogP contribution in [0, 0.1) is 5.92 Å². The standard InChI is InChI=1S/C23H36N2O3/c1-7-24(8-2)15-16-25(17-19(5)23(27)28-6)22(26)14-11-20-9-12-21(13-10-20)18(3)4/h9-14,18-19H,7-8,15-17H2,1-6H3/b14-11+. The number of methoxy groups -OCH3 is 1. The Morgan fingerprint density at radius 1 is 1.04 bits per heavy atom. The van der Waals surface area contributed by atoms with E-state index in [-0.39, 0.29) is 17.8 Å². The average molecular weight is 389 g/mol. The van der Waals surface area contributed by atoms with Gasteiger partial charge in [0.2, 0.25) is 5.91 Å². The molecule has 156 valence electrons. The van der Waals surface area contributed by atoms with Crippen LogP contribution in [0.5, 0.6) is 0 Å². The summed E-state index contributed by atoms with van der Waals surface area (Å²) in [5.74, 6) is -0.260. The van der Waals surface area contributed by atoms with Crippen LogP contribution < -0.4 is 0 Å². The van der Waals surface area contributed by atoms with Crippen molar-refractivity contribution in [2.75, 3.05) is 39.8 Å². The van der Waals surface area contributed by atoms with Gasteiger partial charge in [0.1, 0.15) is 0 Å². The first-order valence-corrected chi connectivity index (χ1v) is 10.2. The van der Waals surface area contributed by atoms with Gasteiger partial charge in [-0.05, 0) is 36.2 Å². The number of likely N-dealkylation sites (N-methyl/N-ethyl adjacent to an activating group) is 1. The molecular formula is C23H36N2O3. The Labute approximate surface area is 170 Å². The molecular weight excluding hydrogens is 352 g/mol. The SMILES string of the molecule is CCN(CC)CCN(CC(C)C(=O)OC)C(=O)/C=C/c1ccc(C(C)C)cc1. The lowest BCUT2D eigenvalue weighted by molar-refractivity contribution is -0.146. The Bertz CT molecular complexity index is 634. The number of benzene rings is 1. The van der Waals surface area contributed by atoms with Crippen molar-refractivity contribution in [3.63, 3.8) is 0 Å². The van der Waals surface area contributed by atoms with E-state index in [4.69, 9.17) is 4.74 Å². The number of hydrogen-bond acceptors (Lipinski definition) is 4. The third-order valence-corrected chi connectivity index (χ3v) is 5.01. The number of carbonyl (C=O) groups excluding carboxylic acids is 2. The van der Waals surface area contributed by atoms with Crippen LogP contribution in [0.3, 0.4) is 0 Å². The normalized spacial score (nSPS) is 12.6. The van der Waals surface area contributed by atoms with Crippen LogP contribution >= 0.6 is 0 Å². The molecule has 0 aliphatic rings. The number of rotatable bonds is 11. The summed E-state index contributed by atoms with van der Waals surface area (Å²) < 4.78 is 4.81. The minimum absolute atomic E-state index is 0.0872. The van der Waals surface area contributed by atoms with Gasteiger partial charge in [-0.2, -0.15) is 0 Å². The highest BCUT2D eigenvalue weighted by Crippen LogP contribution is 2.15. The summed E-state index contributed by atoms with van der Waals surface area (Å²) in [6, 6.07) is 8.23. The number of hydrogen-bond donors (Lipinski definition) is 0. The molecule has 0 bridgehead atoms. The van der Waals surface area contributed by atoms with Crippen LogP contribution in [0.15, 0.2) is 30.3 Å². The van der Waals surface area contributed by atoms with Gasteiger partial charge in [-0.15, -0.1) is 0 Å². The third-order valence-electron chi connectivity index (χ3n) is 5.01. The minimum Gasteiger partial charge on any atom is -0.469 e. The van der Waals surface area contributed by atoms with E-state index in [1.165, 1.54) is 12.7 Å². The van der Waals surface area contributed by atoms with Crippen LogP contribution in [-0.4, -0.2) is 61.5 Å². The monoisotopic (exact) mass is 388 g/mol. The molecule has 0 aliphatic heterocycles. The topological polar surface area (TPSA) is 49.9 Å². The van der Waals surface area contributed by atoms with Crippen molar-refractivity contribution in [2.45, 2.75) is 40.5 Å². The highest BCUT2D eigenvalue weighted by atomic mass is 16.5. The summed E-state index contributed by atoms with van der Waals surface area (Å²) in [5, 5.41) is 0. The predicted molar refractivity (Wildman–Crippen MR) is 115 cm³/mol. The molecule has 1 aromatic carbocycles. The molecule has 0 saturated carbocycles. The van der Waals surface area contributed by atoms with Crippen molar-refractivity contribution in [1.29, 1.82) is 0 Å². The van der Waals surface area contributed by atoms with E-state index < -0.39 is 0 Å². The summed E-state index contributed by atoms with van der Waals surface area (Å²) in [6.07, 6.45) is 3.43. The highest BCUT2D eigenvalue weighted by Gasteiger charge is 2.20. The Morgan fingerprint density at radius 3 is 2.14 bits per heavy atom. The number of amides is 1.